The van der Waals surface area contributed by atoms with Crippen LogP contribution >= 0.6 is 0 Å². The lowest BCUT2D eigenvalue weighted by molar-refractivity contribution is 0.635. The smallest absolute Gasteiger partial charge is 0.270 e. The number of benzene rings is 2. The molecule has 0 aliphatic rings. The van der Waals surface area contributed by atoms with Crippen molar-refractivity contribution in [2.24, 2.45) is 0 Å². The first-order valence-corrected chi connectivity index (χ1v) is 6.90. The van der Waals surface area contributed by atoms with Crippen LogP contribution < -0.4 is 11.3 Å². The first-order chi connectivity index (χ1) is 10.1. The van der Waals surface area contributed by atoms with Gasteiger partial charge in [-0.3, -0.25) is 9.36 Å². The lowest BCUT2D eigenvalue weighted by Gasteiger charge is -2.18. The van der Waals surface area contributed by atoms with Crippen molar-refractivity contribution < 1.29 is 0 Å². The molecule has 106 valence electrons. The van der Waals surface area contributed by atoms with Gasteiger partial charge in [-0.25, -0.2) is 4.98 Å². The Hall–Kier alpha value is -2.62. The zero-order chi connectivity index (χ0) is 15.0. The van der Waals surface area contributed by atoms with Crippen molar-refractivity contribution >= 4 is 16.7 Å². The zero-order valence-corrected chi connectivity index (χ0v) is 12.1. The van der Waals surface area contributed by atoms with Gasteiger partial charge in [0.05, 0.1) is 23.3 Å². The topological polar surface area (TPSA) is 60.9 Å². The van der Waals surface area contributed by atoms with Crippen LogP contribution in [0.5, 0.6) is 0 Å². The predicted octanol–water partition coefficient (Wildman–Crippen LogP) is 2.90. The van der Waals surface area contributed by atoms with E-state index >= 15 is 0 Å². The molecule has 2 N–H and O–H groups in total. The number of aryl methyl sites for hydroxylation is 1. The molecule has 4 heteroatoms. The number of nitrogens with two attached hydrogens (primary N) is 1. The van der Waals surface area contributed by atoms with E-state index in [0.717, 1.165) is 22.2 Å². The highest BCUT2D eigenvalue weighted by Crippen LogP contribution is 2.23. The van der Waals surface area contributed by atoms with Crippen LogP contribution in [0, 0.1) is 6.92 Å². The SMILES string of the molecule is Cc1cc2c(cc1N)ncc(=O)n2[C@@H](C)c1ccccc1. The quantitative estimate of drug-likeness (QED) is 0.734. The van der Waals surface area contributed by atoms with Gasteiger partial charge < -0.3 is 5.73 Å². The second-order valence-corrected chi connectivity index (χ2v) is 5.25. The van der Waals surface area contributed by atoms with Crippen molar-refractivity contribution in [3.63, 3.8) is 0 Å². The van der Waals surface area contributed by atoms with Gasteiger partial charge in [0.25, 0.3) is 5.56 Å². The Labute approximate surface area is 122 Å². The molecule has 4 nitrogen and oxygen atoms in total. The number of hydrogen-bond donors (Lipinski definition) is 1. The number of nitrogen functional groups attached to an aromatic ring is 1. The third-order valence-corrected chi connectivity index (χ3v) is 3.84. The Bertz CT molecular complexity index is 853. The van der Waals surface area contributed by atoms with E-state index in [1.54, 1.807) is 4.57 Å². The summed E-state index contributed by atoms with van der Waals surface area (Å²) in [6, 6.07) is 13.6. The molecule has 0 saturated heterocycles. The minimum Gasteiger partial charge on any atom is -0.398 e. The van der Waals surface area contributed by atoms with Gasteiger partial charge in [-0.15, -0.1) is 0 Å². The van der Waals surface area contributed by atoms with Crippen molar-refractivity contribution in [1.29, 1.82) is 0 Å². The van der Waals surface area contributed by atoms with Gasteiger partial charge in [0.2, 0.25) is 0 Å². The normalized spacial score (nSPS) is 12.5. The van der Waals surface area contributed by atoms with Crippen LogP contribution in [0.4, 0.5) is 5.69 Å². The number of aromatic nitrogens is 2. The average molecular weight is 279 g/mol. The number of fused-ring (bicyclic) bond motifs is 1. The lowest BCUT2D eigenvalue weighted by atomic mass is 10.1. The van der Waals surface area contributed by atoms with E-state index in [4.69, 9.17) is 5.73 Å². The maximum atomic E-state index is 12.3. The minimum atomic E-state index is -0.108. The molecule has 0 amide bonds. The Kier molecular flexibility index (Phi) is 3.22. The highest BCUT2D eigenvalue weighted by molar-refractivity contribution is 5.80. The number of hydrogen-bond acceptors (Lipinski definition) is 3. The van der Waals surface area contributed by atoms with Crippen LogP contribution in [0.25, 0.3) is 11.0 Å². The summed E-state index contributed by atoms with van der Waals surface area (Å²) >= 11 is 0. The van der Waals surface area contributed by atoms with Gasteiger partial charge in [-0.1, -0.05) is 30.3 Å². The summed E-state index contributed by atoms with van der Waals surface area (Å²) in [6.07, 6.45) is 1.36. The second kappa shape index (κ2) is 5.05. The second-order valence-electron chi connectivity index (χ2n) is 5.25. The Morgan fingerprint density at radius 1 is 1.19 bits per heavy atom. The van der Waals surface area contributed by atoms with Gasteiger partial charge in [-0.2, -0.15) is 0 Å². The van der Waals surface area contributed by atoms with E-state index in [-0.39, 0.29) is 11.6 Å². The molecule has 3 aromatic rings. The van der Waals surface area contributed by atoms with Gasteiger partial charge in [0.1, 0.15) is 0 Å². The number of nitrogens with zero attached hydrogens (tertiary/aromatic N) is 2. The van der Waals surface area contributed by atoms with Crippen molar-refractivity contribution in [2.75, 3.05) is 5.73 Å². The van der Waals surface area contributed by atoms with Crippen molar-refractivity contribution in [3.8, 4) is 0 Å². The summed E-state index contributed by atoms with van der Waals surface area (Å²) in [5.74, 6) is 0. The molecule has 2 aromatic carbocycles. The summed E-state index contributed by atoms with van der Waals surface area (Å²) in [7, 11) is 0. The van der Waals surface area contributed by atoms with E-state index in [1.807, 2.05) is 56.3 Å². The first-order valence-electron chi connectivity index (χ1n) is 6.90. The Balaban J connectivity index is 2.29. The molecule has 0 unspecified atom stereocenters. The maximum Gasteiger partial charge on any atom is 0.270 e. The molecular formula is C17H17N3O. The number of anilines is 1. The Morgan fingerprint density at radius 2 is 1.90 bits per heavy atom. The molecule has 0 aliphatic carbocycles. The molecule has 0 bridgehead atoms. The third-order valence-electron chi connectivity index (χ3n) is 3.84. The molecule has 0 radical (unpaired) electrons. The highest BCUT2D eigenvalue weighted by Gasteiger charge is 2.13. The van der Waals surface area contributed by atoms with Crippen molar-refractivity contribution in [2.45, 2.75) is 19.9 Å². The monoisotopic (exact) mass is 279 g/mol. The molecule has 1 heterocycles. The highest BCUT2D eigenvalue weighted by atomic mass is 16.1. The molecule has 0 aliphatic heterocycles. The first kappa shape index (κ1) is 13.4. The molecule has 1 aromatic heterocycles. The molecule has 0 spiro atoms. The molecule has 1 atom stereocenters. The summed E-state index contributed by atoms with van der Waals surface area (Å²) in [4.78, 5) is 16.5. The van der Waals surface area contributed by atoms with E-state index in [9.17, 15) is 4.79 Å². The van der Waals surface area contributed by atoms with Gasteiger partial charge >= 0.3 is 0 Å². The fraction of sp³-hybridized carbons (Fsp3) is 0.176. The van der Waals surface area contributed by atoms with E-state index in [0.29, 0.717) is 5.69 Å². The van der Waals surface area contributed by atoms with Crippen LogP contribution in [0.3, 0.4) is 0 Å². The third kappa shape index (κ3) is 2.29. The largest absolute Gasteiger partial charge is 0.398 e. The molecular weight excluding hydrogens is 262 g/mol. The van der Waals surface area contributed by atoms with Crippen LogP contribution in [-0.2, 0) is 0 Å². The fourth-order valence-corrected chi connectivity index (χ4v) is 2.58. The number of rotatable bonds is 2. The summed E-state index contributed by atoms with van der Waals surface area (Å²) < 4.78 is 1.77. The van der Waals surface area contributed by atoms with E-state index < -0.39 is 0 Å². The van der Waals surface area contributed by atoms with Crippen LogP contribution in [-0.4, -0.2) is 9.55 Å². The van der Waals surface area contributed by atoms with E-state index in [2.05, 4.69) is 4.98 Å². The fourth-order valence-electron chi connectivity index (χ4n) is 2.58. The zero-order valence-electron chi connectivity index (χ0n) is 12.1. The molecule has 21 heavy (non-hydrogen) atoms. The summed E-state index contributed by atoms with van der Waals surface area (Å²) in [6.45, 7) is 3.95. The Morgan fingerprint density at radius 3 is 2.62 bits per heavy atom. The van der Waals surface area contributed by atoms with Gasteiger partial charge in [0, 0.05) is 5.69 Å². The summed E-state index contributed by atoms with van der Waals surface area (Å²) in [5.41, 5.74) is 10.1. The molecule has 0 fully saturated rings. The van der Waals surface area contributed by atoms with Gasteiger partial charge in [-0.05, 0) is 37.1 Å². The minimum absolute atomic E-state index is 0.0628. The predicted molar refractivity (Wildman–Crippen MR) is 85.4 cm³/mol. The van der Waals surface area contributed by atoms with Crippen molar-refractivity contribution in [3.05, 3.63) is 70.1 Å². The summed E-state index contributed by atoms with van der Waals surface area (Å²) in [5, 5.41) is 0. The standard InChI is InChI=1S/C17H17N3O/c1-11-8-16-15(9-14(11)18)19-10-17(21)20(16)12(2)13-6-4-3-5-7-13/h3-10,12H,18H2,1-2H3/t12-/m0/s1. The van der Waals surface area contributed by atoms with Gasteiger partial charge in [0.15, 0.2) is 0 Å². The average Bonchev–Trinajstić information content (AvgIpc) is 2.49. The molecule has 0 saturated carbocycles. The molecule has 3 rings (SSSR count). The van der Waals surface area contributed by atoms with Crippen LogP contribution in [0.15, 0.2) is 53.5 Å². The lowest BCUT2D eigenvalue weighted by Crippen LogP contribution is -2.24. The van der Waals surface area contributed by atoms with Crippen LogP contribution in [0.2, 0.25) is 0 Å². The van der Waals surface area contributed by atoms with Crippen LogP contribution in [0.1, 0.15) is 24.1 Å². The van der Waals surface area contributed by atoms with E-state index in [1.165, 1.54) is 6.20 Å². The van der Waals surface area contributed by atoms with Crippen molar-refractivity contribution in [1.82, 2.24) is 9.55 Å². The maximum absolute atomic E-state index is 12.3.